The molecule has 0 aromatic carbocycles. The summed E-state index contributed by atoms with van der Waals surface area (Å²) in [5, 5.41) is 0. The molecule has 0 aliphatic carbocycles. The summed E-state index contributed by atoms with van der Waals surface area (Å²) in [5.74, 6) is 0. The molecule has 0 unspecified atom stereocenters. The van der Waals surface area contributed by atoms with Gasteiger partial charge in [-0.2, -0.15) is 0 Å². The molecule has 9 heavy (non-hydrogen) atoms. The summed E-state index contributed by atoms with van der Waals surface area (Å²) >= 11 is 0. The Kier molecular flexibility index (Phi) is 6.53. The van der Waals surface area contributed by atoms with E-state index in [0.717, 1.165) is 6.42 Å². The second-order valence-corrected chi connectivity index (χ2v) is 1.61. The van der Waals surface area contributed by atoms with E-state index in [9.17, 15) is 0 Å². The van der Waals surface area contributed by atoms with Crippen LogP contribution in [0.2, 0.25) is 0 Å². The number of nitrogens with two attached hydrogens (primary N) is 1. The second kappa shape index (κ2) is 7.18. The summed E-state index contributed by atoms with van der Waals surface area (Å²) < 4.78 is 0. The fraction of sp³-hybridized carbons (Fsp3) is 0.250. The number of hydrogen-bond acceptors (Lipinski definition) is 1. The van der Waals surface area contributed by atoms with E-state index in [1.54, 1.807) is 6.08 Å². The molecule has 0 amide bonds. The summed E-state index contributed by atoms with van der Waals surface area (Å²) in [5.41, 5.74) is 5.21. The van der Waals surface area contributed by atoms with E-state index in [4.69, 9.17) is 5.73 Å². The molecular formula is C8H13N. The minimum Gasteiger partial charge on any atom is -0.327 e. The Balaban J connectivity index is 3.17. The smallest absolute Gasteiger partial charge is 0.0106 e. The Morgan fingerprint density at radius 1 is 1.22 bits per heavy atom. The van der Waals surface area contributed by atoms with Crippen molar-refractivity contribution in [1.82, 2.24) is 0 Å². The van der Waals surface area contributed by atoms with Gasteiger partial charge in [-0.3, -0.25) is 0 Å². The van der Waals surface area contributed by atoms with Crippen molar-refractivity contribution in [3.63, 3.8) is 0 Å². The maximum absolute atomic E-state index is 5.21. The highest BCUT2D eigenvalue weighted by Crippen LogP contribution is 1.84. The summed E-state index contributed by atoms with van der Waals surface area (Å²) in [4.78, 5) is 0. The Hall–Kier alpha value is -0.820. The maximum Gasteiger partial charge on any atom is 0.0106 e. The highest BCUT2D eigenvalue weighted by molar-refractivity contribution is 5.01. The van der Waals surface area contributed by atoms with Gasteiger partial charge in [-0.1, -0.05) is 37.0 Å². The molecule has 0 spiro atoms. The lowest BCUT2D eigenvalue weighted by Crippen LogP contribution is -1.91. The molecule has 0 bridgehead atoms. The van der Waals surface area contributed by atoms with Gasteiger partial charge < -0.3 is 5.73 Å². The van der Waals surface area contributed by atoms with E-state index in [2.05, 4.69) is 6.58 Å². The molecule has 0 heterocycles. The molecule has 0 aromatic rings. The van der Waals surface area contributed by atoms with Crippen molar-refractivity contribution in [1.29, 1.82) is 0 Å². The first-order valence-electron chi connectivity index (χ1n) is 3.04. The lowest BCUT2D eigenvalue weighted by molar-refractivity contribution is 1.23. The van der Waals surface area contributed by atoms with Gasteiger partial charge in [0.15, 0.2) is 0 Å². The molecule has 0 aliphatic heterocycles. The van der Waals surface area contributed by atoms with E-state index in [-0.39, 0.29) is 0 Å². The third-order valence-corrected chi connectivity index (χ3v) is 0.847. The van der Waals surface area contributed by atoms with Crippen LogP contribution >= 0.6 is 0 Å². The first-order valence-corrected chi connectivity index (χ1v) is 3.04. The Morgan fingerprint density at radius 3 is 2.56 bits per heavy atom. The summed E-state index contributed by atoms with van der Waals surface area (Å²) in [7, 11) is 0. The fourth-order valence-corrected chi connectivity index (χ4v) is 0.446. The molecule has 0 radical (unpaired) electrons. The van der Waals surface area contributed by atoms with Gasteiger partial charge in [-0.15, -0.1) is 0 Å². The van der Waals surface area contributed by atoms with Crippen LogP contribution in [-0.2, 0) is 0 Å². The van der Waals surface area contributed by atoms with Crippen LogP contribution in [0.15, 0.2) is 37.0 Å². The number of allylic oxidation sites excluding steroid dienone is 4. The van der Waals surface area contributed by atoms with Crippen molar-refractivity contribution in [3.05, 3.63) is 37.0 Å². The quantitative estimate of drug-likeness (QED) is 0.446. The monoisotopic (exact) mass is 123 g/mol. The molecule has 0 aliphatic rings. The topological polar surface area (TPSA) is 26.0 Å². The van der Waals surface area contributed by atoms with E-state index in [0.29, 0.717) is 6.54 Å². The van der Waals surface area contributed by atoms with Gasteiger partial charge in [-0.05, 0) is 6.42 Å². The summed E-state index contributed by atoms with van der Waals surface area (Å²) in [6.07, 6.45) is 10.6. The van der Waals surface area contributed by atoms with E-state index in [1.165, 1.54) is 0 Å². The van der Waals surface area contributed by atoms with Gasteiger partial charge in [0.05, 0.1) is 0 Å². The highest BCUT2D eigenvalue weighted by Gasteiger charge is 1.66. The van der Waals surface area contributed by atoms with Crippen molar-refractivity contribution in [2.24, 2.45) is 5.73 Å². The van der Waals surface area contributed by atoms with Crippen LogP contribution in [0.4, 0.5) is 0 Å². The molecular weight excluding hydrogens is 110 g/mol. The Morgan fingerprint density at radius 2 is 2.00 bits per heavy atom. The van der Waals surface area contributed by atoms with Crippen LogP contribution in [0, 0.1) is 0 Å². The molecule has 0 aromatic heterocycles. The lowest BCUT2D eigenvalue weighted by Gasteiger charge is -1.78. The van der Waals surface area contributed by atoms with Gasteiger partial charge in [0.2, 0.25) is 0 Å². The molecule has 50 valence electrons. The van der Waals surface area contributed by atoms with Crippen molar-refractivity contribution >= 4 is 0 Å². The van der Waals surface area contributed by atoms with E-state index >= 15 is 0 Å². The molecule has 0 atom stereocenters. The zero-order valence-corrected chi connectivity index (χ0v) is 5.59. The van der Waals surface area contributed by atoms with Crippen LogP contribution in [0.3, 0.4) is 0 Å². The van der Waals surface area contributed by atoms with Crippen LogP contribution in [-0.4, -0.2) is 6.54 Å². The lowest BCUT2D eigenvalue weighted by atomic mass is 10.3. The SMILES string of the molecule is C=CC=CC/C=C/CN. The van der Waals surface area contributed by atoms with Crippen molar-refractivity contribution < 1.29 is 0 Å². The summed E-state index contributed by atoms with van der Waals surface area (Å²) in [6, 6.07) is 0. The van der Waals surface area contributed by atoms with Crippen LogP contribution in [0.25, 0.3) is 0 Å². The fourth-order valence-electron chi connectivity index (χ4n) is 0.446. The van der Waals surface area contributed by atoms with Gasteiger partial charge in [0, 0.05) is 6.54 Å². The largest absolute Gasteiger partial charge is 0.327 e. The average Bonchev–Trinajstić information content (AvgIpc) is 1.89. The Labute approximate surface area is 56.6 Å². The summed E-state index contributed by atoms with van der Waals surface area (Å²) in [6.45, 7) is 4.17. The van der Waals surface area contributed by atoms with Crippen LogP contribution in [0.5, 0.6) is 0 Å². The second-order valence-electron chi connectivity index (χ2n) is 1.61. The van der Waals surface area contributed by atoms with Gasteiger partial charge in [0.25, 0.3) is 0 Å². The van der Waals surface area contributed by atoms with Crippen molar-refractivity contribution in [3.8, 4) is 0 Å². The third-order valence-electron chi connectivity index (χ3n) is 0.847. The normalized spacial score (nSPS) is 11.2. The van der Waals surface area contributed by atoms with E-state index < -0.39 is 0 Å². The van der Waals surface area contributed by atoms with E-state index in [1.807, 2.05) is 24.3 Å². The minimum absolute atomic E-state index is 0.627. The zero-order valence-electron chi connectivity index (χ0n) is 5.59. The van der Waals surface area contributed by atoms with Crippen LogP contribution < -0.4 is 5.73 Å². The maximum atomic E-state index is 5.21. The van der Waals surface area contributed by atoms with Crippen molar-refractivity contribution in [2.75, 3.05) is 6.54 Å². The van der Waals surface area contributed by atoms with Gasteiger partial charge in [0.1, 0.15) is 0 Å². The first kappa shape index (κ1) is 8.18. The molecule has 1 nitrogen and oxygen atoms in total. The molecule has 2 N–H and O–H groups in total. The molecule has 0 rings (SSSR count). The van der Waals surface area contributed by atoms with Crippen LogP contribution in [0.1, 0.15) is 6.42 Å². The molecule has 0 saturated heterocycles. The predicted octanol–water partition coefficient (Wildman–Crippen LogP) is 1.63. The van der Waals surface area contributed by atoms with Crippen molar-refractivity contribution in [2.45, 2.75) is 6.42 Å². The molecule has 1 heteroatoms. The Bertz CT molecular complexity index is 112. The minimum atomic E-state index is 0.627. The van der Waals surface area contributed by atoms with Gasteiger partial charge >= 0.3 is 0 Å². The average molecular weight is 123 g/mol. The standard InChI is InChI=1S/C8H13N/c1-2-3-4-5-6-7-8-9/h2-4,6-7H,1,5,8-9H2/b4-3?,7-6+. The molecule has 0 fully saturated rings. The molecule has 0 saturated carbocycles. The highest BCUT2D eigenvalue weighted by atomic mass is 14.5. The van der Waals surface area contributed by atoms with Gasteiger partial charge in [-0.25, -0.2) is 0 Å². The first-order chi connectivity index (χ1) is 4.41. The zero-order chi connectivity index (χ0) is 6.95. The third kappa shape index (κ3) is 7.18. The predicted molar refractivity (Wildman–Crippen MR) is 42.1 cm³/mol. The number of rotatable bonds is 4. The number of hydrogen-bond donors (Lipinski definition) is 1.